The predicted molar refractivity (Wildman–Crippen MR) is 125 cm³/mol. The van der Waals surface area contributed by atoms with E-state index in [0.717, 1.165) is 29.9 Å². The van der Waals surface area contributed by atoms with Gasteiger partial charge in [-0.1, -0.05) is 76.4 Å². The third-order valence-electron chi connectivity index (χ3n) is 5.30. The van der Waals surface area contributed by atoms with Gasteiger partial charge in [0.15, 0.2) is 5.75 Å². The Morgan fingerprint density at radius 3 is 1.93 bits per heavy atom. The van der Waals surface area contributed by atoms with Crippen molar-refractivity contribution in [3.05, 3.63) is 57.6 Å². The molecular weight excluding hydrogens is 427 g/mol. The minimum atomic E-state index is -0.273. The summed E-state index contributed by atoms with van der Waals surface area (Å²) in [5.41, 5.74) is 1.91. The zero-order valence-corrected chi connectivity index (χ0v) is 20.2. The van der Waals surface area contributed by atoms with Crippen LogP contribution in [0.15, 0.2) is 36.4 Å². The first-order valence-electron chi connectivity index (χ1n) is 10.1. The molecule has 2 aromatic carbocycles. The van der Waals surface area contributed by atoms with Crippen molar-refractivity contribution in [2.45, 2.75) is 46.5 Å². The number of rotatable bonds is 10. The summed E-state index contributed by atoms with van der Waals surface area (Å²) in [5, 5.41) is 1.02. The third-order valence-corrected chi connectivity index (χ3v) is 6.39. The molecule has 0 N–H and O–H groups in total. The Balaban J connectivity index is 2.19. The molecule has 0 spiro atoms. The lowest BCUT2D eigenvalue weighted by atomic mass is 9.78. The Morgan fingerprint density at radius 1 is 0.862 bits per heavy atom. The number of hydrogen-bond acceptors (Lipinski definition) is 2. The third kappa shape index (κ3) is 6.44. The van der Waals surface area contributed by atoms with Crippen molar-refractivity contribution in [3.63, 3.8) is 0 Å². The number of hydrogen-bond donors (Lipinski definition) is 0. The van der Waals surface area contributed by atoms with Crippen LogP contribution in [0.2, 0.25) is 10.0 Å². The summed E-state index contributed by atoms with van der Waals surface area (Å²) in [6, 6.07) is 12.1. The van der Waals surface area contributed by atoms with Crippen molar-refractivity contribution in [2.24, 2.45) is 11.8 Å². The van der Waals surface area contributed by atoms with Gasteiger partial charge in [0.05, 0.1) is 23.3 Å². The summed E-state index contributed by atoms with van der Waals surface area (Å²) in [6.45, 7) is 11.9. The van der Waals surface area contributed by atoms with Crippen molar-refractivity contribution in [1.82, 2.24) is 0 Å². The molecule has 2 nitrogen and oxygen atoms in total. The topological polar surface area (TPSA) is 18.5 Å². The molecule has 0 aliphatic heterocycles. The number of benzene rings is 2. The highest BCUT2D eigenvalue weighted by molar-refractivity contribution is 6.37. The van der Waals surface area contributed by atoms with E-state index in [9.17, 15) is 0 Å². The summed E-state index contributed by atoms with van der Waals surface area (Å²) in [4.78, 5) is 0. The van der Waals surface area contributed by atoms with Gasteiger partial charge in [0, 0.05) is 17.2 Å². The molecular formula is C24H31Cl3O2. The number of alkyl halides is 1. The molecule has 0 heterocycles. The highest BCUT2D eigenvalue weighted by Crippen LogP contribution is 2.40. The molecule has 0 aromatic heterocycles. The smallest absolute Gasteiger partial charge is 0.156 e. The fourth-order valence-corrected chi connectivity index (χ4v) is 3.50. The summed E-state index contributed by atoms with van der Waals surface area (Å²) in [6.07, 6.45) is 1.11. The van der Waals surface area contributed by atoms with Gasteiger partial charge >= 0.3 is 0 Å². The largest absolute Gasteiger partial charge is 0.493 e. The fraction of sp³-hybridized carbons (Fsp3) is 0.500. The molecule has 0 aliphatic rings. The second-order valence-electron chi connectivity index (χ2n) is 8.31. The maximum atomic E-state index is 6.50. The molecule has 0 fully saturated rings. The standard InChI is InChI=1S/C24H31Cl3O2/c1-6-16(2)14-28-20-9-7-18(8-10-20)24(4,5)19-11-21(26)23(22(27)12-19)29-15-17(3)13-25/h7-12,16-17H,6,13-15H2,1-5H3/t16-,17+/m1/s1. The molecule has 0 radical (unpaired) electrons. The Labute approximate surface area is 190 Å². The molecule has 2 atom stereocenters. The Morgan fingerprint density at radius 2 is 1.41 bits per heavy atom. The molecule has 0 bridgehead atoms. The van der Waals surface area contributed by atoms with Gasteiger partial charge in [0.25, 0.3) is 0 Å². The van der Waals surface area contributed by atoms with E-state index in [1.54, 1.807) is 0 Å². The summed E-state index contributed by atoms with van der Waals surface area (Å²) < 4.78 is 11.7. The molecule has 0 saturated carbocycles. The molecule has 0 saturated heterocycles. The summed E-state index contributed by atoms with van der Waals surface area (Å²) in [7, 11) is 0. The van der Waals surface area contributed by atoms with Gasteiger partial charge in [-0.3, -0.25) is 0 Å². The molecule has 0 amide bonds. The number of ether oxygens (including phenoxy) is 2. The Hall–Kier alpha value is -1.09. The molecule has 0 unspecified atom stereocenters. The van der Waals surface area contributed by atoms with Crippen LogP contribution in [0.3, 0.4) is 0 Å². The lowest BCUT2D eigenvalue weighted by Gasteiger charge is -2.27. The van der Waals surface area contributed by atoms with Crippen molar-refractivity contribution in [2.75, 3.05) is 19.1 Å². The van der Waals surface area contributed by atoms with E-state index in [1.165, 1.54) is 0 Å². The first-order valence-corrected chi connectivity index (χ1v) is 11.4. The first-order chi connectivity index (χ1) is 13.7. The zero-order valence-electron chi connectivity index (χ0n) is 17.9. The van der Waals surface area contributed by atoms with Crippen LogP contribution in [-0.2, 0) is 5.41 Å². The second-order valence-corrected chi connectivity index (χ2v) is 9.44. The van der Waals surface area contributed by atoms with Crippen LogP contribution in [0.5, 0.6) is 11.5 Å². The van der Waals surface area contributed by atoms with Crippen LogP contribution in [0.4, 0.5) is 0 Å². The maximum absolute atomic E-state index is 6.50. The average molecular weight is 458 g/mol. The average Bonchev–Trinajstić information content (AvgIpc) is 2.71. The van der Waals surface area contributed by atoms with Crippen LogP contribution in [0.25, 0.3) is 0 Å². The van der Waals surface area contributed by atoms with Crippen LogP contribution in [-0.4, -0.2) is 19.1 Å². The summed E-state index contributed by atoms with van der Waals surface area (Å²) in [5.74, 6) is 2.69. The monoisotopic (exact) mass is 456 g/mol. The zero-order chi connectivity index (χ0) is 21.6. The van der Waals surface area contributed by atoms with E-state index in [2.05, 4.69) is 39.8 Å². The van der Waals surface area contributed by atoms with Crippen molar-refractivity contribution < 1.29 is 9.47 Å². The van der Waals surface area contributed by atoms with Gasteiger partial charge in [-0.2, -0.15) is 0 Å². The Kier molecular flexibility index (Phi) is 9.00. The fourth-order valence-electron chi connectivity index (χ4n) is 2.82. The van der Waals surface area contributed by atoms with E-state index in [-0.39, 0.29) is 11.3 Å². The first kappa shape index (κ1) is 24.2. The minimum absolute atomic E-state index is 0.223. The second kappa shape index (κ2) is 10.8. The maximum Gasteiger partial charge on any atom is 0.156 e. The summed E-state index contributed by atoms with van der Waals surface area (Å²) >= 11 is 18.9. The van der Waals surface area contributed by atoms with E-state index in [0.29, 0.717) is 34.2 Å². The molecule has 5 heteroatoms. The van der Waals surface area contributed by atoms with Crippen molar-refractivity contribution in [3.8, 4) is 11.5 Å². The molecule has 29 heavy (non-hydrogen) atoms. The molecule has 160 valence electrons. The van der Waals surface area contributed by atoms with Gasteiger partial charge < -0.3 is 9.47 Å². The quantitative estimate of drug-likeness (QED) is 0.336. The Bertz CT molecular complexity index is 764. The SMILES string of the molecule is CC[C@@H](C)COc1ccc(C(C)(C)c2cc(Cl)c(OC[C@@H](C)CCl)c(Cl)c2)cc1. The van der Waals surface area contributed by atoms with Gasteiger partial charge in [-0.15, -0.1) is 11.6 Å². The highest BCUT2D eigenvalue weighted by Gasteiger charge is 2.26. The van der Waals surface area contributed by atoms with E-state index >= 15 is 0 Å². The normalized spacial score (nSPS) is 13.8. The van der Waals surface area contributed by atoms with E-state index in [4.69, 9.17) is 44.3 Å². The van der Waals surface area contributed by atoms with Gasteiger partial charge in [0.2, 0.25) is 0 Å². The van der Waals surface area contributed by atoms with Crippen molar-refractivity contribution >= 4 is 34.8 Å². The van der Waals surface area contributed by atoms with Gasteiger partial charge in [-0.05, 0) is 41.3 Å². The van der Waals surface area contributed by atoms with Gasteiger partial charge in [0.1, 0.15) is 5.75 Å². The van der Waals surface area contributed by atoms with Crippen LogP contribution < -0.4 is 9.47 Å². The molecule has 2 rings (SSSR count). The number of halogens is 3. The van der Waals surface area contributed by atoms with E-state index < -0.39 is 0 Å². The van der Waals surface area contributed by atoms with Crippen LogP contribution in [0, 0.1) is 11.8 Å². The molecule has 2 aromatic rings. The highest BCUT2D eigenvalue weighted by atomic mass is 35.5. The lowest BCUT2D eigenvalue weighted by Crippen LogP contribution is -2.19. The van der Waals surface area contributed by atoms with Crippen molar-refractivity contribution in [1.29, 1.82) is 0 Å². The minimum Gasteiger partial charge on any atom is -0.493 e. The predicted octanol–water partition coefficient (Wildman–Crippen LogP) is 8.00. The lowest BCUT2D eigenvalue weighted by molar-refractivity contribution is 0.256. The molecule has 0 aliphatic carbocycles. The van der Waals surface area contributed by atoms with Crippen LogP contribution in [0.1, 0.15) is 52.2 Å². The van der Waals surface area contributed by atoms with Gasteiger partial charge in [-0.25, -0.2) is 0 Å². The van der Waals surface area contributed by atoms with Crippen LogP contribution >= 0.6 is 34.8 Å². The van der Waals surface area contributed by atoms with E-state index in [1.807, 2.05) is 31.2 Å².